The minimum atomic E-state index is 0.133. The number of fused-ring (bicyclic) bond motifs is 1. The Morgan fingerprint density at radius 2 is 1.78 bits per heavy atom. The molecule has 144 valence electrons. The summed E-state index contributed by atoms with van der Waals surface area (Å²) in [7, 11) is 6.68. The van der Waals surface area contributed by atoms with E-state index in [9.17, 15) is 4.79 Å². The fraction of sp³-hybridized carbons (Fsp3) is 0.409. The van der Waals surface area contributed by atoms with Crippen molar-refractivity contribution < 1.29 is 19.0 Å². The summed E-state index contributed by atoms with van der Waals surface area (Å²) in [5, 5.41) is 0. The van der Waals surface area contributed by atoms with Gasteiger partial charge in [-0.25, -0.2) is 0 Å². The van der Waals surface area contributed by atoms with E-state index >= 15 is 0 Å². The predicted molar refractivity (Wildman–Crippen MR) is 105 cm³/mol. The van der Waals surface area contributed by atoms with Crippen molar-refractivity contribution in [3.05, 3.63) is 53.1 Å². The van der Waals surface area contributed by atoms with Crippen molar-refractivity contribution in [2.75, 3.05) is 28.4 Å². The van der Waals surface area contributed by atoms with Crippen LogP contribution in [0.5, 0.6) is 17.2 Å². The lowest BCUT2D eigenvalue weighted by Crippen LogP contribution is -2.30. The molecule has 0 saturated carbocycles. The normalized spacial score (nSPS) is 15.2. The Kier molecular flexibility index (Phi) is 5.89. The second-order valence-electron chi connectivity index (χ2n) is 6.75. The molecule has 0 heterocycles. The molecule has 0 aromatic heterocycles. The molecule has 0 spiro atoms. The van der Waals surface area contributed by atoms with Gasteiger partial charge in [0, 0.05) is 13.5 Å². The van der Waals surface area contributed by atoms with Gasteiger partial charge in [-0.15, -0.1) is 0 Å². The van der Waals surface area contributed by atoms with E-state index in [-0.39, 0.29) is 11.9 Å². The molecule has 27 heavy (non-hydrogen) atoms. The maximum atomic E-state index is 12.8. The summed E-state index contributed by atoms with van der Waals surface area (Å²) < 4.78 is 16.3. The van der Waals surface area contributed by atoms with E-state index < -0.39 is 0 Å². The molecular formula is C22H27NO4. The molecule has 0 fully saturated rings. The number of hydrogen-bond acceptors (Lipinski definition) is 4. The van der Waals surface area contributed by atoms with Gasteiger partial charge in [0.25, 0.3) is 0 Å². The number of ether oxygens (including phenoxy) is 3. The fourth-order valence-corrected chi connectivity index (χ4v) is 3.89. The molecule has 1 aliphatic rings. The van der Waals surface area contributed by atoms with Crippen LogP contribution in [0.2, 0.25) is 0 Å². The van der Waals surface area contributed by atoms with Gasteiger partial charge < -0.3 is 19.1 Å². The summed E-state index contributed by atoms with van der Waals surface area (Å²) in [5.41, 5.74) is 3.56. The maximum absolute atomic E-state index is 12.8. The largest absolute Gasteiger partial charge is 0.493 e. The topological polar surface area (TPSA) is 48.0 Å². The van der Waals surface area contributed by atoms with E-state index in [0.29, 0.717) is 30.1 Å². The molecule has 2 aromatic carbocycles. The first-order valence-corrected chi connectivity index (χ1v) is 9.22. The van der Waals surface area contributed by atoms with Gasteiger partial charge in [0.05, 0.1) is 27.4 Å². The first kappa shape index (κ1) is 19.1. The molecule has 0 saturated heterocycles. The highest BCUT2D eigenvalue weighted by molar-refractivity contribution is 5.77. The molecule has 1 amide bonds. The molecule has 0 N–H and O–H groups in total. The van der Waals surface area contributed by atoms with Crippen LogP contribution in [-0.2, 0) is 17.6 Å². The van der Waals surface area contributed by atoms with E-state index in [1.165, 1.54) is 11.1 Å². The van der Waals surface area contributed by atoms with Crippen molar-refractivity contribution in [2.45, 2.75) is 31.7 Å². The van der Waals surface area contributed by atoms with E-state index in [1.54, 1.807) is 21.3 Å². The third-order valence-electron chi connectivity index (χ3n) is 5.36. The Morgan fingerprint density at radius 3 is 2.48 bits per heavy atom. The molecule has 0 aliphatic heterocycles. The molecule has 1 aliphatic carbocycles. The Balaban J connectivity index is 1.71. The van der Waals surface area contributed by atoms with Gasteiger partial charge in [0.1, 0.15) is 0 Å². The molecule has 1 atom stereocenters. The Hall–Kier alpha value is -2.69. The van der Waals surface area contributed by atoms with Crippen LogP contribution in [0, 0.1) is 0 Å². The van der Waals surface area contributed by atoms with Crippen LogP contribution in [-0.4, -0.2) is 39.2 Å². The molecule has 2 aromatic rings. The summed E-state index contributed by atoms with van der Waals surface area (Å²) >= 11 is 0. The Labute approximate surface area is 160 Å². The second-order valence-corrected chi connectivity index (χ2v) is 6.75. The van der Waals surface area contributed by atoms with E-state index in [4.69, 9.17) is 14.2 Å². The Morgan fingerprint density at radius 1 is 1.04 bits per heavy atom. The number of amides is 1. The van der Waals surface area contributed by atoms with E-state index in [0.717, 1.165) is 18.4 Å². The van der Waals surface area contributed by atoms with Gasteiger partial charge in [-0.3, -0.25) is 4.79 Å². The maximum Gasteiger partial charge on any atom is 0.223 e. The molecular weight excluding hydrogens is 342 g/mol. The zero-order chi connectivity index (χ0) is 19.4. The van der Waals surface area contributed by atoms with Crippen LogP contribution < -0.4 is 14.2 Å². The first-order valence-electron chi connectivity index (χ1n) is 9.22. The number of methoxy groups -OCH3 is 3. The minimum Gasteiger partial charge on any atom is -0.493 e. The summed E-state index contributed by atoms with van der Waals surface area (Å²) in [5.74, 6) is 1.93. The van der Waals surface area contributed by atoms with Gasteiger partial charge in [0.15, 0.2) is 11.5 Å². The quantitative estimate of drug-likeness (QED) is 0.745. The number of rotatable bonds is 7. The average Bonchev–Trinajstić information content (AvgIpc) is 3.14. The second kappa shape index (κ2) is 8.33. The first-order chi connectivity index (χ1) is 13.1. The van der Waals surface area contributed by atoms with Crippen LogP contribution >= 0.6 is 0 Å². The van der Waals surface area contributed by atoms with Crippen LogP contribution in [0.3, 0.4) is 0 Å². The fourth-order valence-electron chi connectivity index (χ4n) is 3.89. The van der Waals surface area contributed by atoms with Crippen LogP contribution in [0.4, 0.5) is 0 Å². The van der Waals surface area contributed by atoms with Gasteiger partial charge in [-0.05, 0) is 42.0 Å². The van der Waals surface area contributed by atoms with E-state index in [1.807, 2.05) is 30.1 Å². The van der Waals surface area contributed by atoms with Crippen molar-refractivity contribution in [2.24, 2.45) is 0 Å². The number of carbonyl (C=O) groups is 1. The Bertz CT molecular complexity index is 818. The number of carbonyl (C=O) groups excluding carboxylic acids is 1. The minimum absolute atomic E-state index is 0.133. The highest BCUT2D eigenvalue weighted by Crippen LogP contribution is 2.40. The van der Waals surface area contributed by atoms with Crippen LogP contribution in [0.25, 0.3) is 0 Å². The summed E-state index contributed by atoms with van der Waals surface area (Å²) in [6.45, 7) is 0. The predicted octanol–water partition coefficient (Wildman–Crippen LogP) is 3.79. The molecule has 0 unspecified atom stereocenters. The van der Waals surface area contributed by atoms with Crippen molar-refractivity contribution in [3.8, 4) is 17.2 Å². The highest BCUT2D eigenvalue weighted by atomic mass is 16.5. The molecule has 0 radical (unpaired) electrons. The van der Waals surface area contributed by atoms with E-state index in [2.05, 4.69) is 18.2 Å². The standard InChI is InChI=1S/C22H27NO4/c1-23(18-12-9-15-7-5-6-8-17(15)18)20(24)14-11-16-10-13-19(25-2)22(27-4)21(16)26-3/h5-8,10,13,18H,9,11-12,14H2,1-4H3/t18-/m0/s1. The number of hydrogen-bond donors (Lipinski definition) is 0. The van der Waals surface area contributed by atoms with Gasteiger partial charge in [-0.2, -0.15) is 0 Å². The van der Waals surface area contributed by atoms with Crippen LogP contribution in [0.1, 0.15) is 35.6 Å². The zero-order valence-corrected chi connectivity index (χ0v) is 16.5. The summed E-state index contributed by atoms with van der Waals surface area (Å²) in [4.78, 5) is 14.7. The van der Waals surface area contributed by atoms with Crippen molar-refractivity contribution in [1.82, 2.24) is 4.90 Å². The average molecular weight is 369 g/mol. The van der Waals surface area contributed by atoms with Gasteiger partial charge in [0.2, 0.25) is 11.7 Å². The molecule has 5 heteroatoms. The third-order valence-corrected chi connectivity index (χ3v) is 5.36. The van der Waals surface area contributed by atoms with Crippen molar-refractivity contribution in [1.29, 1.82) is 0 Å². The van der Waals surface area contributed by atoms with Crippen molar-refractivity contribution >= 4 is 5.91 Å². The lowest BCUT2D eigenvalue weighted by molar-refractivity contribution is -0.132. The summed E-state index contributed by atoms with van der Waals surface area (Å²) in [6.07, 6.45) is 3.02. The molecule has 0 bridgehead atoms. The van der Waals surface area contributed by atoms with Gasteiger partial charge >= 0.3 is 0 Å². The number of nitrogens with zero attached hydrogens (tertiary/aromatic N) is 1. The third kappa shape index (κ3) is 3.72. The number of benzene rings is 2. The zero-order valence-electron chi connectivity index (χ0n) is 16.5. The summed E-state index contributed by atoms with van der Waals surface area (Å²) in [6, 6.07) is 12.3. The van der Waals surface area contributed by atoms with Crippen molar-refractivity contribution in [3.63, 3.8) is 0 Å². The van der Waals surface area contributed by atoms with Gasteiger partial charge in [-0.1, -0.05) is 30.3 Å². The lowest BCUT2D eigenvalue weighted by atomic mass is 10.0. The smallest absolute Gasteiger partial charge is 0.223 e. The van der Waals surface area contributed by atoms with Crippen LogP contribution in [0.15, 0.2) is 36.4 Å². The SMILES string of the molecule is COc1ccc(CCC(=O)N(C)[C@H]2CCc3ccccc32)c(OC)c1OC. The lowest BCUT2D eigenvalue weighted by Gasteiger charge is -2.26. The monoisotopic (exact) mass is 369 g/mol. The molecule has 5 nitrogen and oxygen atoms in total. The highest BCUT2D eigenvalue weighted by Gasteiger charge is 2.28. The molecule has 3 rings (SSSR count). The number of aryl methyl sites for hydroxylation is 2.